The van der Waals surface area contributed by atoms with Crippen LogP contribution in [-0.2, 0) is 20.8 Å². The van der Waals surface area contributed by atoms with Crippen LogP contribution in [0.5, 0.6) is 0 Å². The highest BCUT2D eigenvalue weighted by Crippen LogP contribution is 2.17. The van der Waals surface area contributed by atoms with E-state index in [1.165, 1.54) is 0 Å². The maximum absolute atomic E-state index is 13.1. The molecular formula is C23H35N3O4. The second kappa shape index (κ2) is 13.1. The summed E-state index contributed by atoms with van der Waals surface area (Å²) in [5.41, 5.74) is 2.85. The molecular weight excluding hydrogens is 382 g/mol. The summed E-state index contributed by atoms with van der Waals surface area (Å²) in [5, 5.41) is 11.7. The minimum atomic E-state index is -0.641. The first-order valence-corrected chi connectivity index (χ1v) is 11.1. The van der Waals surface area contributed by atoms with E-state index in [2.05, 4.69) is 12.2 Å². The third kappa shape index (κ3) is 7.88. The summed E-state index contributed by atoms with van der Waals surface area (Å²) >= 11 is 0. The number of likely N-dealkylation sites (tertiary alicyclic amines) is 1. The van der Waals surface area contributed by atoms with Gasteiger partial charge in [-0.3, -0.25) is 14.4 Å². The van der Waals surface area contributed by atoms with E-state index >= 15 is 0 Å². The van der Waals surface area contributed by atoms with Gasteiger partial charge in [0.15, 0.2) is 0 Å². The molecule has 1 heterocycles. The number of rotatable bonds is 13. The molecule has 3 N–H and O–H groups in total. The lowest BCUT2D eigenvalue weighted by atomic mass is 9.93. The highest BCUT2D eigenvalue weighted by atomic mass is 16.5. The number of nitrogens with zero attached hydrogens (tertiary/aromatic N) is 1. The fourth-order valence-electron chi connectivity index (χ4n) is 3.90. The van der Waals surface area contributed by atoms with Gasteiger partial charge >= 0.3 is 0 Å². The minimum Gasteiger partial charge on any atom is -0.344 e. The SMILES string of the molecule is CCCCCC(CC(=O)CNO)C(=O)N[C@H](Cc1ccccc1)C(=O)N1CCCC1. The Bertz CT molecular complexity index is 674. The van der Waals surface area contributed by atoms with Gasteiger partial charge in [0.05, 0.1) is 6.54 Å². The molecule has 0 aromatic heterocycles. The van der Waals surface area contributed by atoms with Gasteiger partial charge in [-0.1, -0.05) is 56.5 Å². The van der Waals surface area contributed by atoms with Crippen molar-refractivity contribution < 1.29 is 19.6 Å². The zero-order valence-electron chi connectivity index (χ0n) is 17.9. The van der Waals surface area contributed by atoms with Gasteiger partial charge in [0.25, 0.3) is 0 Å². The standard InChI is InChI=1S/C23H35N3O4/c1-2-3-5-12-19(16-20(27)17-24-30)22(28)25-21(15-18-10-6-4-7-11-18)23(29)26-13-8-9-14-26/h4,6-7,10-11,19,21,24,30H,2-3,5,8-9,12-17H2,1H3,(H,25,28)/t19?,21-/m1/s1. The number of benzene rings is 1. The number of Topliss-reactive ketones (excluding diaryl/α,β-unsaturated/α-hetero) is 1. The van der Waals surface area contributed by atoms with Crippen LogP contribution in [0.15, 0.2) is 30.3 Å². The van der Waals surface area contributed by atoms with Crippen LogP contribution >= 0.6 is 0 Å². The van der Waals surface area contributed by atoms with E-state index < -0.39 is 12.0 Å². The Kier molecular flexibility index (Phi) is 10.5. The molecule has 2 amide bonds. The predicted molar refractivity (Wildman–Crippen MR) is 115 cm³/mol. The van der Waals surface area contributed by atoms with E-state index in [0.29, 0.717) is 12.8 Å². The Labute approximate surface area is 179 Å². The first kappa shape index (κ1) is 24.0. The van der Waals surface area contributed by atoms with Crippen molar-refractivity contribution in [2.24, 2.45) is 5.92 Å². The van der Waals surface area contributed by atoms with Crippen molar-refractivity contribution in [2.75, 3.05) is 19.6 Å². The van der Waals surface area contributed by atoms with E-state index in [1.54, 1.807) is 0 Å². The zero-order chi connectivity index (χ0) is 21.8. The largest absolute Gasteiger partial charge is 0.344 e. The molecule has 0 spiro atoms. The molecule has 1 unspecified atom stereocenters. The van der Waals surface area contributed by atoms with Crippen molar-refractivity contribution in [3.05, 3.63) is 35.9 Å². The third-order valence-corrected chi connectivity index (χ3v) is 5.59. The Hall–Kier alpha value is -2.25. The fraction of sp³-hybridized carbons (Fsp3) is 0.609. The Morgan fingerprint density at radius 1 is 1.10 bits per heavy atom. The Morgan fingerprint density at radius 3 is 2.43 bits per heavy atom. The molecule has 1 aliphatic heterocycles. The fourth-order valence-corrected chi connectivity index (χ4v) is 3.90. The summed E-state index contributed by atoms with van der Waals surface area (Å²) in [6.45, 7) is 3.35. The van der Waals surface area contributed by atoms with E-state index in [1.807, 2.05) is 40.7 Å². The second-order valence-electron chi connectivity index (χ2n) is 8.05. The number of hydroxylamine groups is 1. The van der Waals surface area contributed by atoms with E-state index in [4.69, 9.17) is 5.21 Å². The van der Waals surface area contributed by atoms with Crippen LogP contribution in [0.4, 0.5) is 0 Å². The second-order valence-corrected chi connectivity index (χ2v) is 8.05. The van der Waals surface area contributed by atoms with Gasteiger partial charge in [0.2, 0.25) is 11.8 Å². The number of hydrogen-bond donors (Lipinski definition) is 3. The summed E-state index contributed by atoms with van der Waals surface area (Å²) in [6, 6.07) is 9.02. The monoisotopic (exact) mass is 417 g/mol. The Morgan fingerprint density at radius 2 is 1.80 bits per heavy atom. The van der Waals surface area contributed by atoms with Crippen LogP contribution in [0.25, 0.3) is 0 Å². The predicted octanol–water partition coefficient (Wildman–Crippen LogP) is 2.47. The maximum Gasteiger partial charge on any atom is 0.245 e. The molecule has 0 radical (unpaired) electrons. The van der Waals surface area contributed by atoms with Gasteiger partial charge < -0.3 is 15.4 Å². The van der Waals surface area contributed by atoms with Crippen molar-refractivity contribution in [3.63, 3.8) is 0 Å². The first-order chi connectivity index (χ1) is 14.5. The van der Waals surface area contributed by atoms with Crippen molar-refractivity contribution in [3.8, 4) is 0 Å². The van der Waals surface area contributed by atoms with Crippen LogP contribution in [0.3, 0.4) is 0 Å². The van der Waals surface area contributed by atoms with Gasteiger partial charge in [0, 0.05) is 31.8 Å². The number of nitrogens with one attached hydrogen (secondary N) is 2. The van der Waals surface area contributed by atoms with Crippen molar-refractivity contribution in [2.45, 2.75) is 64.3 Å². The molecule has 1 aromatic rings. The van der Waals surface area contributed by atoms with Crippen molar-refractivity contribution in [1.82, 2.24) is 15.7 Å². The molecule has 0 bridgehead atoms. The van der Waals surface area contributed by atoms with Gasteiger partial charge in [0.1, 0.15) is 11.8 Å². The van der Waals surface area contributed by atoms with Gasteiger partial charge in [-0.2, -0.15) is 5.48 Å². The summed E-state index contributed by atoms with van der Waals surface area (Å²) in [4.78, 5) is 40.0. The van der Waals surface area contributed by atoms with Crippen LogP contribution in [0, 0.1) is 5.92 Å². The van der Waals surface area contributed by atoms with E-state index in [0.717, 1.165) is 50.8 Å². The van der Waals surface area contributed by atoms with Crippen LogP contribution in [-0.4, -0.2) is 53.4 Å². The quantitative estimate of drug-likeness (QED) is 0.338. The van der Waals surface area contributed by atoms with E-state index in [-0.39, 0.29) is 30.6 Å². The molecule has 166 valence electrons. The number of unbranched alkanes of at least 4 members (excludes halogenated alkanes) is 2. The minimum absolute atomic E-state index is 0.0546. The average molecular weight is 418 g/mol. The van der Waals surface area contributed by atoms with E-state index in [9.17, 15) is 14.4 Å². The summed E-state index contributed by atoms with van der Waals surface area (Å²) in [7, 11) is 0. The smallest absolute Gasteiger partial charge is 0.245 e. The third-order valence-electron chi connectivity index (χ3n) is 5.59. The summed E-state index contributed by atoms with van der Waals surface area (Å²) in [5.74, 6) is -1.03. The van der Waals surface area contributed by atoms with Crippen LogP contribution < -0.4 is 10.8 Å². The van der Waals surface area contributed by atoms with Gasteiger partial charge in [-0.15, -0.1) is 0 Å². The number of hydrogen-bond acceptors (Lipinski definition) is 5. The molecule has 2 atom stereocenters. The molecule has 7 heteroatoms. The van der Waals surface area contributed by atoms with Crippen LogP contribution in [0.2, 0.25) is 0 Å². The zero-order valence-corrected chi connectivity index (χ0v) is 17.9. The molecule has 2 rings (SSSR count). The molecule has 1 saturated heterocycles. The topological polar surface area (TPSA) is 98.7 Å². The number of amides is 2. The number of carbonyl (C=O) groups is 3. The molecule has 0 saturated carbocycles. The first-order valence-electron chi connectivity index (χ1n) is 11.1. The molecule has 7 nitrogen and oxygen atoms in total. The highest BCUT2D eigenvalue weighted by molar-refractivity contribution is 5.91. The lowest BCUT2D eigenvalue weighted by Crippen LogP contribution is -2.50. The summed E-state index contributed by atoms with van der Waals surface area (Å²) in [6.07, 6.45) is 5.89. The average Bonchev–Trinajstić information content (AvgIpc) is 3.28. The molecule has 1 aliphatic rings. The van der Waals surface area contributed by atoms with Crippen LogP contribution in [0.1, 0.15) is 57.4 Å². The highest BCUT2D eigenvalue weighted by Gasteiger charge is 2.30. The van der Waals surface area contributed by atoms with Gasteiger partial charge in [-0.05, 0) is 24.8 Å². The molecule has 1 fully saturated rings. The number of ketones is 1. The number of carbonyl (C=O) groups excluding carboxylic acids is 3. The normalized spacial score (nSPS) is 15.6. The lowest BCUT2D eigenvalue weighted by molar-refractivity contribution is -0.137. The Balaban J connectivity index is 2.10. The molecule has 30 heavy (non-hydrogen) atoms. The molecule has 1 aromatic carbocycles. The van der Waals surface area contributed by atoms with Crippen molar-refractivity contribution >= 4 is 17.6 Å². The lowest BCUT2D eigenvalue weighted by Gasteiger charge is -2.26. The maximum atomic E-state index is 13.1. The van der Waals surface area contributed by atoms with Gasteiger partial charge in [-0.25, -0.2) is 0 Å². The molecule has 0 aliphatic carbocycles. The van der Waals surface area contributed by atoms with Crippen molar-refractivity contribution in [1.29, 1.82) is 0 Å². The summed E-state index contributed by atoms with van der Waals surface area (Å²) < 4.78 is 0.